The first-order chi connectivity index (χ1) is 13.9. The van der Waals surface area contributed by atoms with Crippen molar-refractivity contribution in [3.8, 4) is 5.69 Å². The van der Waals surface area contributed by atoms with Crippen molar-refractivity contribution in [1.29, 1.82) is 0 Å². The third-order valence-electron chi connectivity index (χ3n) is 5.45. The van der Waals surface area contributed by atoms with Crippen LogP contribution < -0.4 is 0 Å². The number of benzene rings is 1. The molecule has 2 aliphatic rings. The molecule has 150 valence electrons. The summed E-state index contributed by atoms with van der Waals surface area (Å²) in [5, 5.41) is -0.391. The average molecular weight is 410 g/mol. The number of likely N-dealkylation sites (tertiary alicyclic amines) is 1. The molecule has 0 radical (unpaired) electrons. The van der Waals surface area contributed by atoms with Crippen molar-refractivity contribution in [2.75, 3.05) is 19.6 Å². The molecule has 7 heteroatoms. The Labute approximate surface area is 174 Å². The number of aromatic nitrogens is 1. The monoisotopic (exact) mass is 409 g/mol. The topological polar surface area (TPSA) is 62.6 Å². The molecule has 0 spiro atoms. The van der Waals surface area contributed by atoms with Crippen LogP contribution in [-0.4, -0.2) is 51.1 Å². The van der Waals surface area contributed by atoms with Crippen LogP contribution >= 0.6 is 11.8 Å². The number of nitrogens with zero attached hydrogens (tertiary/aromatic N) is 3. The van der Waals surface area contributed by atoms with Gasteiger partial charge in [0, 0.05) is 30.7 Å². The largest absolute Gasteiger partial charge is 0.341 e. The van der Waals surface area contributed by atoms with Gasteiger partial charge in [-0.15, -0.1) is 0 Å². The zero-order valence-corrected chi connectivity index (χ0v) is 17.4. The molecule has 0 saturated carbocycles. The van der Waals surface area contributed by atoms with E-state index in [1.165, 1.54) is 11.1 Å². The summed E-state index contributed by atoms with van der Waals surface area (Å²) < 4.78 is 1.98. The summed E-state index contributed by atoms with van der Waals surface area (Å²) in [6.07, 6.45) is 5.60. The van der Waals surface area contributed by atoms with Crippen LogP contribution in [0.1, 0.15) is 29.7 Å². The Morgan fingerprint density at radius 2 is 1.86 bits per heavy atom. The number of carbonyl (C=O) groups is 3. The summed E-state index contributed by atoms with van der Waals surface area (Å²) in [5.41, 5.74) is 4.20. The molecule has 2 fully saturated rings. The quantitative estimate of drug-likeness (QED) is 0.722. The molecular formula is C22H23N3O3S. The summed E-state index contributed by atoms with van der Waals surface area (Å²) in [5.74, 6) is -0.565. The van der Waals surface area contributed by atoms with E-state index in [2.05, 4.69) is 26.0 Å². The normalized spacial score (nSPS) is 18.3. The number of aryl methyl sites for hydroxylation is 2. The van der Waals surface area contributed by atoms with Crippen LogP contribution in [0.3, 0.4) is 0 Å². The van der Waals surface area contributed by atoms with Gasteiger partial charge >= 0.3 is 0 Å². The minimum absolute atomic E-state index is 0.162. The van der Waals surface area contributed by atoms with E-state index in [0.717, 1.165) is 40.9 Å². The second-order valence-electron chi connectivity index (χ2n) is 7.43. The summed E-state index contributed by atoms with van der Waals surface area (Å²) >= 11 is 0.889. The lowest BCUT2D eigenvalue weighted by Crippen LogP contribution is -2.40. The summed E-state index contributed by atoms with van der Waals surface area (Å²) in [6, 6.07) is 9.99. The van der Waals surface area contributed by atoms with Crippen LogP contribution in [0.5, 0.6) is 0 Å². The number of imide groups is 1. The van der Waals surface area contributed by atoms with Gasteiger partial charge in [-0.3, -0.25) is 19.3 Å². The molecule has 1 aromatic heterocycles. The molecule has 2 aliphatic heterocycles. The van der Waals surface area contributed by atoms with Gasteiger partial charge in [0.15, 0.2) is 0 Å². The number of thioether (sulfide) groups is 1. The first-order valence-corrected chi connectivity index (χ1v) is 10.5. The highest BCUT2D eigenvalue weighted by Crippen LogP contribution is 2.33. The Morgan fingerprint density at radius 3 is 2.59 bits per heavy atom. The molecule has 0 aliphatic carbocycles. The van der Waals surface area contributed by atoms with Crippen LogP contribution in [-0.2, 0) is 9.59 Å². The Balaban J connectivity index is 1.56. The van der Waals surface area contributed by atoms with E-state index < -0.39 is 11.1 Å². The number of hydrogen-bond acceptors (Lipinski definition) is 4. The number of rotatable bonds is 4. The van der Waals surface area contributed by atoms with Gasteiger partial charge in [0.1, 0.15) is 6.54 Å². The van der Waals surface area contributed by atoms with Gasteiger partial charge in [-0.25, -0.2) is 0 Å². The first kappa shape index (κ1) is 19.5. The van der Waals surface area contributed by atoms with Crippen molar-refractivity contribution in [2.45, 2.75) is 26.7 Å². The summed E-state index contributed by atoms with van der Waals surface area (Å²) in [4.78, 5) is 40.6. The zero-order chi connectivity index (χ0) is 20.5. The first-order valence-electron chi connectivity index (χ1n) is 9.72. The third kappa shape index (κ3) is 3.87. The van der Waals surface area contributed by atoms with Crippen molar-refractivity contribution in [3.63, 3.8) is 0 Å². The van der Waals surface area contributed by atoms with Gasteiger partial charge in [0.2, 0.25) is 5.91 Å². The number of carbonyl (C=O) groups excluding carboxylic acids is 3. The van der Waals surface area contributed by atoms with E-state index in [1.807, 2.05) is 29.0 Å². The molecule has 29 heavy (non-hydrogen) atoms. The van der Waals surface area contributed by atoms with Crippen molar-refractivity contribution >= 4 is 34.9 Å². The molecule has 3 heterocycles. The highest BCUT2D eigenvalue weighted by molar-refractivity contribution is 8.18. The fraction of sp³-hybridized carbons (Fsp3) is 0.318. The van der Waals surface area contributed by atoms with E-state index in [1.54, 1.807) is 11.0 Å². The van der Waals surface area contributed by atoms with Gasteiger partial charge in [0.25, 0.3) is 11.1 Å². The lowest BCUT2D eigenvalue weighted by molar-refractivity contribution is -0.135. The van der Waals surface area contributed by atoms with Crippen LogP contribution in [0.2, 0.25) is 0 Å². The standard InChI is InChI=1S/C22H23N3O3S/c1-15-7-8-18(12-16(15)2)24-11-5-6-17(24)13-19-21(27)25(22(28)29-19)14-20(26)23-9-3-4-10-23/h5-8,11-13H,3-4,9-10,14H2,1-2H3. The summed E-state index contributed by atoms with van der Waals surface area (Å²) in [7, 11) is 0. The van der Waals surface area contributed by atoms with Gasteiger partial charge in [-0.2, -0.15) is 0 Å². The van der Waals surface area contributed by atoms with Crippen molar-refractivity contribution in [2.24, 2.45) is 0 Å². The molecule has 0 unspecified atom stereocenters. The SMILES string of the molecule is Cc1ccc(-n2cccc2C=C2SC(=O)N(CC(=O)N3CCCC3)C2=O)cc1C. The molecule has 0 bridgehead atoms. The number of hydrogen-bond donors (Lipinski definition) is 0. The minimum Gasteiger partial charge on any atom is -0.341 e. The van der Waals surface area contributed by atoms with E-state index in [9.17, 15) is 14.4 Å². The molecule has 0 atom stereocenters. The molecule has 6 nitrogen and oxygen atoms in total. The van der Waals surface area contributed by atoms with Crippen molar-refractivity contribution in [1.82, 2.24) is 14.4 Å². The highest BCUT2D eigenvalue weighted by Gasteiger charge is 2.37. The molecule has 0 N–H and O–H groups in total. The van der Waals surface area contributed by atoms with Gasteiger partial charge in [-0.1, -0.05) is 6.07 Å². The fourth-order valence-electron chi connectivity index (χ4n) is 3.59. The average Bonchev–Trinajstić information content (AvgIpc) is 3.43. The molecule has 2 aromatic rings. The van der Waals surface area contributed by atoms with Gasteiger partial charge in [0.05, 0.1) is 4.91 Å². The van der Waals surface area contributed by atoms with Gasteiger partial charge in [-0.05, 0) is 79.9 Å². The molecule has 1 aromatic carbocycles. The lowest BCUT2D eigenvalue weighted by atomic mass is 10.1. The third-order valence-corrected chi connectivity index (χ3v) is 6.36. The van der Waals surface area contributed by atoms with Crippen LogP contribution in [0.4, 0.5) is 4.79 Å². The smallest absolute Gasteiger partial charge is 0.294 e. The van der Waals surface area contributed by atoms with E-state index in [-0.39, 0.29) is 12.5 Å². The van der Waals surface area contributed by atoms with Crippen LogP contribution in [0.15, 0.2) is 41.4 Å². The second kappa shape index (κ2) is 7.91. The highest BCUT2D eigenvalue weighted by atomic mass is 32.2. The van der Waals surface area contributed by atoms with Gasteiger partial charge < -0.3 is 9.47 Å². The molecule has 2 saturated heterocycles. The van der Waals surface area contributed by atoms with Crippen LogP contribution in [0.25, 0.3) is 11.8 Å². The predicted octanol–water partition coefficient (Wildman–Crippen LogP) is 3.75. The minimum atomic E-state index is -0.402. The summed E-state index contributed by atoms with van der Waals surface area (Å²) in [6.45, 7) is 5.35. The second-order valence-corrected chi connectivity index (χ2v) is 8.42. The maximum Gasteiger partial charge on any atom is 0.294 e. The maximum atomic E-state index is 12.8. The number of amides is 3. The molecule has 3 amide bonds. The Morgan fingerprint density at radius 1 is 1.10 bits per heavy atom. The van der Waals surface area contributed by atoms with E-state index in [4.69, 9.17) is 0 Å². The molecular weight excluding hydrogens is 386 g/mol. The Hall–Kier alpha value is -2.80. The van der Waals surface area contributed by atoms with Crippen molar-refractivity contribution in [3.05, 3.63) is 58.3 Å². The van der Waals surface area contributed by atoms with E-state index in [0.29, 0.717) is 18.0 Å². The zero-order valence-electron chi connectivity index (χ0n) is 16.6. The Bertz CT molecular complexity index is 1020. The fourth-order valence-corrected chi connectivity index (χ4v) is 4.42. The van der Waals surface area contributed by atoms with Crippen molar-refractivity contribution < 1.29 is 14.4 Å². The molecule has 4 rings (SSSR count). The maximum absolute atomic E-state index is 12.8. The predicted molar refractivity (Wildman–Crippen MR) is 114 cm³/mol. The van der Waals surface area contributed by atoms with E-state index >= 15 is 0 Å². The van der Waals surface area contributed by atoms with Crippen LogP contribution in [0, 0.1) is 13.8 Å². The Kier molecular flexibility index (Phi) is 5.32. The lowest BCUT2D eigenvalue weighted by Gasteiger charge is -2.18.